The highest BCUT2D eigenvalue weighted by molar-refractivity contribution is 6.00. The number of benzene rings is 10. The van der Waals surface area contributed by atoms with Gasteiger partial charge in [0.05, 0.1) is 5.69 Å². The lowest BCUT2D eigenvalue weighted by Crippen LogP contribution is -2.23. The van der Waals surface area contributed by atoms with Crippen LogP contribution in [0.5, 0.6) is 0 Å². The van der Waals surface area contributed by atoms with Gasteiger partial charge in [0, 0.05) is 22.4 Å². The molecule has 0 radical (unpaired) electrons. The van der Waals surface area contributed by atoms with Gasteiger partial charge in [0.15, 0.2) is 0 Å². The quantitative estimate of drug-likeness (QED) is 0.149. The Morgan fingerprint density at radius 1 is 0.311 bits per heavy atom. The first-order valence-electron chi connectivity index (χ1n) is 21.2. The van der Waals surface area contributed by atoms with Gasteiger partial charge in [-0.25, -0.2) is 0 Å². The average molecular weight is 778 g/mol. The zero-order valence-electron chi connectivity index (χ0n) is 34.0. The van der Waals surface area contributed by atoms with E-state index in [1.54, 1.807) is 0 Å². The van der Waals surface area contributed by atoms with Crippen LogP contribution in [0.2, 0.25) is 0 Å². The smallest absolute Gasteiger partial charge is 0.0540 e. The lowest BCUT2D eigenvalue weighted by molar-refractivity contribution is 0.714. The highest BCUT2D eigenvalue weighted by Gasteiger charge is 2.41. The molecule has 0 fully saturated rings. The lowest BCUT2D eigenvalue weighted by Gasteiger charge is -2.32. The van der Waals surface area contributed by atoms with Gasteiger partial charge in [0.2, 0.25) is 0 Å². The summed E-state index contributed by atoms with van der Waals surface area (Å²) in [5.74, 6) is 0. The molecule has 10 aromatic rings. The molecule has 0 aromatic heterocycles. The van der Waals surface area contributed by atoms with E-state index in [0.29, 0.717) is 0 Å². The van der Waals surface area contributed by atoms with Crippen LogP contribution in [0.15, 0.2) is 243 Å². The molecule has 10 aromatic carbocycles. The Morgan fingerprint density at radius 2 is 0.820 bits per heavy atom. The molecule has 0 bridgehead atoms. The maximum Gasteiger partial charge on any atom is 0.0540 e. The minimum absolute atomic E-state index is 0.340. The van der Waals surface area contributed by atoms with E-state index in [4.69, 9.17) is 0 Å². The van der Waals surface area contributed by atoms with Crippen LogP contribution >= 0.6 is 0 Å². The van der Waals surface area contributed by atoms with Crippen molar-refractivity contribution in [2.24, 2.45) is 0 Å². The van der Waals surface area contributed by atoms with Crippen LogP contribution < -0.4 is 4.90 Å². The first-order valence-corrected chi connectivity index (χ1v) is 21.2. The highest BCUT2D eigenvalue weighted by atomic mass is 15.1. The highest BCUT2D eigenvalue weighted by Crippen LogP contribution is 2.54. The SMILES string of the molecule is CC1(c2ccccc2)c2ccccc2-c2ccc(N(c3cccc(-c4cccc5ccccc45)c3)c3ccccc3-c3ccccc3-c3ccccc3-c3ccccc3)cc21. The summed E-state index contributed by atoms with van der Waals surface area (Å²) in [6, 6.07) is 88.8. The number of fused-ring (bicyclic) bond motifs is 4. The summed E-state index contributed by atoms with van der Waals surface area (Å²) >= 11 is 0. The van der Waals surface area contributed by atoms with Crippen LogP contribution in [0.1, 0.15) is 23.6 Å². The lowest BCUT2D eigenvalue weighted by atomic mass is 9.74. The zero-order chi connectivity index (χ0) is 40.8. The van der Waals surface area contributed by atoms with Gasteiger partial charge in [0.25, 0.3) is 0 Å². The third kappa shape index (κ3) is 6.17. The number of nitrogens with zero attached hydrogens (tertiary/aromatic N) is 1. The second kappa shape index (κ2) is 15.1. The van der Waals surface area contributed by atoms with E-state index < -0.39 is 0 Å². The van der Waals surface area contributed by atoms with E-state index in [0.717, 1.165) is 22.6 Å². The predicted molar refractivity (Wildman–Crippen MR) is 258 cm³/mol. The molecule has 1 aliphatic rings. The second-order valence-electron chi connectivity index (χ2n) is 16.2. The molecular formula is C60H43N. The van der Waals surface area contributed by atoms with E-state index in [1.807, 2.05) is 0 Å². The van der Waals surface area contributed by atoms with Gasteiger partial charge < -0.3 is 4.90 Å². The van der Waals surface area contributed by atoms with E-state index in [9.17, 15) is 0 Å². The van der Waals surface area contributed by atoms with Crippen molar-refractivity contribution in [3.8, 4) is 55.6 Å². The van der Waals surface area contributed by atoms with Crippen LogP contribution in [-0.2, 0) is 5.41 Å². The van der Waals surface area contributed by atoms with Gasteiger partial charge >= 0.3 is 0 Å². The van der Waals surface area contributed by atoms with E-state index in [1.165, 1.54) is 77.5 Å². The van der Waals surface area contributed by atoms with Crippen molar-refractivity contribution in [1.82, 2.24) is 0 Å². The topological polar surface area (TPSA) is 3.24 Å². The third-order valence-electron chi connectivity index (χ3n) is 12.8. The van der Waals surface area contributed by atoms with Crippen LogP contribution in [0, 0.1) is 0 Å². The Hall–Kier alpha value is -7.74. The summed E-state index contributed by atoms with van der Waals surface area (Å²) in [6.45, 7) is 2.40. The third-order valence-corrected chi connectivity index (χ3v) is 12.8. The van der Waals surface area contributed by atoms with Crippen molar-refractivity contribution in [3.05, 3.63) is 259 Å². The molecule has 0 saturated carbocycles. The van der Waals surface area contributed by atoms with Gasteiger partial charge in [-0.05, 0) is 115 Å². The fourth-order valence-electron chi connectivity index (χ4n) is 9.85. The number of hydrogen-bond donors (Lipinski definition) is 0. The average Bonchev–Trinajstić information content (AvgIpc) is 3.60. The van der Waals surface area contributed by atoms with Crippen LogP contribution in [0.3, 0.4) is 0 Å². The van der Waals surface area contributed by atoms with Crippen molar-refractivity contribution in [3.63, 3.8) is 0 Å². The molecule has 0 amide bonds. The Morgan fingerprint density at radius 3 is 1.61 bits per heavy atom. The molecule has 1 atom stereocenters. The Labute approximate surface area is 358 Å². The minimum atomic E-state index is -0.340. The molecule has 0 saturated heterocycles. The first-order chi connectivity index (χ1) is 30.2. The summed E-state index contributed by atoms with van der Waals surface area (Å²) in [6.07, 6.45) is 0. The Balaban J connectivity index is 1.15. The number of hydrogen-bond acceptors (Lipinski definition) is 1. The molecule has 1 heteroatoms. The molecule has 0 aliphatic heterocycles. The standard InChI is InChI=1S/C60H43N/c1-60(45-25-6-3-7-26-45)57-36-16-14-33-54(57)55-39-38-47(41-58(55)60)61(46-27-18-24-44(40-46)50-35-19-23-43-22-8-9-28-48(43)50)59-37-17-15-34-56(59)53-32-13-12-31-52(53)51-30-11-10-29-49(51)42-20-4-2-5-21-42/h2-41H,1H3. The molecule has 0 heterocycles. The Bertz CT molecular complexity index is 3210. The van der Waals surface area contributed by atoms with Gasteiger partial charge in [-0.1, -0.05) is 212 Å². The molecule has 0 N–H and O–H groups in total. The van der Waals surface area contributed by atoms with E-state index in [2.05, 4.69) is 254 Å². The molecule has 288 valence electrons. The Kier molecular flexibility index (Phi) is 9.02. The van der Waals surface area contributed by atoms with Crippen molar-refractivity contribution >= 4 is 27.8 Å². The summed E-state index contributed by atoms with van der Waals surface area (Å²) in [4.78, 5) is 2.48. The first kappa shape index (κ1) is 36.3. The van der Waals surface area contributed by atoms with Crippen LogP contribution in [0.4, 0.5) is 17.1 Å². The summed E-state index contributed by atoms with van der Waals surface area (Å²) in [7, 11) is 0. The summed E-state index contributed by atoms with van der Waals surface area (Å²) < 4.78 is 0. The van der Waals surface area contributed by atoms with Crippen LogP contribution in [-0.4, -0.2) is 0 Å². The summed E-state index contributed by atoms with van der Waals surface area (Å²) in [5, 5.41) is 2.48. The number of anilines is 3. The van der Waals surface area contributed by atoms with Gasteiger partial charge in [0.1, 0.15) is 0 Å². The second-order valence-corrected chi connectivity index (χ2v) is 16.2. The maximum absolute atomic E-state index is 2.48. The molecule has 11 rings (SSSR count). The maximum atomic E-state index is 2.48. The van der Waals surface area contributed by atoms with E-state index >= 15 is 0 Å². The van der Waals surface area contributed by atoms with Crippen molar-refractivity contribution < 1.29 is 0 Å². The monoisotopic (exact) mass is 777 g/mol. The van der Waals surface area contributed by atoms with Gasteiger partial charge in [-0.15, -0.1) is 0 Å². The molecule has 1 aliphatic carbocycles. The van der Waals surface area contributed by atoms with Crippen LogP contribution in [0.25, 0.3) is 66.4 Å². The fraction of sp³-hybridized carbons (Fsp3) is 0.0333. The largest absolute Gasteiger partial charge is 0.310 e. The number of para-hydroxylation sites is 1. The fourth-order valence-corrected chi connectivity index (χ4v) is 9.85. The molecule has 61 heavy (non-hydrogen) atoms. The zero-order valence-corrected chi connectivity index (χ0v) is 34.0. The van der Waals surface area contributed by atoms with Crippen molar-refractivity contribution in [2.45, 2.75) is 12.3 Å². The minimum Gasteiger partial charge on any atom is -0.310 e. The number of rotatable bonds is 8. The molecule has 1 unspecified atom stereocenters. The van der Waals surface area contributed by atoms with Crippen molar-refractivity contribution in [2.75, 3.05) is 4.90 Å². The van der Waals surface area contributed by atoms with Crippen molar-refractivity contribution in [1.29, 1.82) is 0 Å². The summed E-state index contributed by atoms with van der Waals surface area (Å²) in [5.41, 5.74) is 19.0. The normalized spacial score (nSPS) is 14.0. The molecule has 0 spiro atoms. The predicted octanol–water partition coefficient (Wildman–Crippen LogP) is 16.3. The van der Waals surface area contributed by atoms with Gasteiger partial charge in [-0.3, -0.25) is 0 Å². The van der Waals surface area contributed by atoms with E-state index in [-0.39, 0.29) is 5.41 Å². The molecule has 1 nitrogen and oxygen atoms in total. The van der Waals surface area contributed by atoms with Gasteiger partial charge in [-0.2, -0.15) is 0 Å². The molecular weight excluding hydrogens is 735 g/mol.